The number of anilines is 1. The zero-order valence-electron chi connectivity index (χ0n) is 7.82. The van der Waals surface area contributed by atoms with E-state index < -0.39 is 0 Å². The molecule has 1 aromatic rings. The molecule has 4 heteroatoms. The molecule has 4 nitrogen and oxygen atoms in total. The van der Waals surface area contributed by atoms with Gasteiger partial charge < -0.3 is 10.2 Å². The second-order valence-electron chi connectivity index (χ2n) is 4.33. The highest BCUT2D eigenvalue weighted by atomic mass is 15.3. The van der Waals surface area contributed by atoms with Crippen molar-refractivity contribution < 1.29 is 0 Å². The molecule has 1 aromatic heterocycles. The van der Waals surface area contributed by atoms with Crippen LogP contribution in [0.5, 0.6) is 0 Å². The summed E-state index contributed by atoms with van der Waals surface area (Å²) in [6.07, 6.45) is 4.03. The van der Waals surface area contributed by atoms with Crippen molar-refractivity contribution in [1.82, 2.24) is 15.1 Å². The average Bonchev–Trinajstić information content (AvgIpc) is 2.29. The highest BCUT2D eigenvalue weighted by Gasteiger charge is 2.47. The fourth-order valence-electron chi connectivity index (χ4n) is 2.22. The molecular formula is C9H14N4. The van der Waals surface area contributed by atoms with Gasteiger partial charge in [-0.3, -0.25) is 4.68 Å². The first-order valence-corrected chi connectivity index (χ1v) is 4.72. The van der Waals surface area contributed by atoms with E-state index >= 15 is 0 Å². The fourth-order valence-corrected chi connectivity index (χ4v) is 2.22. The highest BCUT2D eigenvalue weighted by molar-refractivity contribution is 5.47. The van der Waals surface area contributed by atoms with Crippen molar-refractivity contribution in [3.8, 4) is 0 Å². The number of aromatic nitrogens is 2. The molecule has 0 aromatic carbocycles. The van der Waals surface area contributed by atoms with E-state index in [9.17, 15) is 0 Å². The predicted octanol–water partition coefficient (Wildman–Crippen LogP) is -0.170. The van der Waals surface area contributed by atoms with Crippen LogP contribution >= 0.6 is 0 Å². The standard InChI is InChI=1S/C9H14N4/c1-12-3-8(2-11-12)13-6-9(7-13)4-10-5-9/h2-3,10H,4-7H2,1H3. The summed E-state index contributed by atoms with van der Waals surface area (Å²) in [5.74, 6) is 0. The number of rotatable bonds is 1. The predicted molar refractivity (Wildman–Crippen MR) is 50.7 cm³/mol. The number of nitrogens with one attached hydrogen (secondary N) is 1. The summed E-state index contributed by atoms with van der Waals surface area (Å²) >= 11 is 0. The Morgan fingerprint density at radius 3 is 2.69 bits per heavy atom. The first-order valence-electron chi connectivity index (χ1n) is 4.72. The lowest BCUT2D eigenvalue weighted by Gasteiger charge is -2.56. The minimum atomic E-state index is 0.607. The highest BCUT2D eigenvalue weighted by Crippen LogP contribution is 2.36. The minimum Gasteiger partial charge on any atom is -0.368 e. The van der Waals surface area contributed by atoms with E-state index in [0.717, 1.165) is 0 Å². The molecule has 2 fully saturated rings. The summed E-state index contributed by atoms with van der Waals surface area (Å²) in [4.78, 5) is 2.40. The summed E-state index contributed by atoms with van der Waals surface area (Å²) in [5.41, 5.74) is 1.87. The van der Waals surface area contributed by atoms with E-state index in [1.807, 2.05) is 17.9 Å². The Balaban J connectivity index is 1.70. The van der Waals surface area contributed by atoms with E-state index in [4.69, 9.17) is 0 Å². The summed E-state index contributed by atoms with van der Waals surface area (Å²) in [6, 6.07) is 0. The van der Waals surface area contributed by atoms with Gasteiger partial charge in [0, 0.05) is 44.8 Å². The van der Waals surface area contributed by atoms with Gasteiger partial charge in [0.25, 0.3) is 0 Å². The lowest BCUT2D eigenvalue weighted by molar-refractivity contribution is 0.121. The normalized spacial score (nSPS) is 24.2. The molecule has 0 bridgehead atoms. The van der Waals surface area contributed by atoms with Crippen LogP contribution in [0.15, 0.2) is 12.4 Å². The molecule has 0 radical (unpaired) electrons. The van der Waals surface area contributed by atoms with E-state index in [1.165, 1.54) is 31.9 Å². The Morgan fingerprint density at radius 2 is 2.23 bits per heavy atom. The molecule has 70 valence electrons. The van der Waals surface area contributed by atoms with Gasteiger partial charge in [0.15, 0.2) is 0 Å². The molecule has 1 spiro atoms. The van der Waals surface area contributed by atoms with Crippen LogP contribution in [0, 0.1) is 5.41 Å². The fraction of sp³-hybridized carbons (Fsp3) is 0.667. The van der Waals surface area contributed by atoms with Crippen LogP contribution in [0.25, 0.3) is 0 Å². The molecule has 0 atom stereocenters. The topological polar surface area (TPSA) is 33.1 Å². The molecule has 2 aliphatic rings. The van der Waals surface area contributed by atoms with Gasteiger partial charge in [-0.05, 0) is 0 Å². The monoisotopic (exact) mass is 178 g/mol. The smallest absolute Gasteiger partial charge is 0.0752 e. The molecule has 0 unspecified atom stereocenters. The first-order chi connectivity index (χ1) is 6.27. The van der Waals surface area contributed by atoms with Gasteiger partial charge in [-0.25, -0.2) is 0 Å². The maximum atomic E-state index is 4.17. The Bertz CT molecular complexity index is 318. The van der Waals surface area contributed by atoms with Crippen molar-refractivity contribution in [1.29, 1.82) is 0 Å². The number of nitrogens with zero attached hydrogens (tertiary/aromatic N) is 3. The largest absolute Gasteiger partial charge is 0.368 e. The summed E-state index contributed by atoms with van der Waals surface area (Å²) in [7, 11) is 1.96. The molecule has 1 N–H and O–H groups in total. The van der Waals surface area contributed by atoms with Crippen LogP contribution < -0.4 is 10.2 Å². The molecule has 13 heavy (non-hydrogen) atoms. The summed E-state index contributed by atoms with van der Waals surface area (Å²) < 4.78 is 1.86. The number of hydrogen-bond acceptors (Lipinski definition) is 3. The third-order valence-electron chi connectivity index (χ3n) is 3.11. The van der Waals surface area contributed by atoms with Gasteiger partial charge in [-0.2, -0.15) is 5.10 Å². The van der Waals surface area contributed by atoms with Gasteiger partial charge in [0.1, 0.15) is 0 Å². The summed E-state index contributed by atoms with van der Waals surface area (Å²) in [6.45, 7) is 4.80. The maximum absolute atomic E-state index is 4.17. The second-order valence-corrected chi connectivity index (χ2v) is 4.33. The van der Waals surface area contributed by atoms with Crippen LogP contribution in [0.2, 0.25) is 0 Å². The Labute approximate surface area is 77.5 Å². The van der Waals surface area contributed by atoms with Crippen LogP contribution in [0.1, 0.15) is 0 Å². The van der Waals surface area contributed by atoms with Crippen LogP contribution in [-0.4, -0.2) is 36.0 Å². The van der Waals surface area contributed by atoms with Crippen molar-refractivity contribution in [2.24, 2.45) is 12.5 Å². The Hall–Kier alpha value is -1.03. The zero-order chi connectivity index (χ0) is 8.89. The van der Waals surface area contributed by atoms with Gasteiger partial charge in [0.05, 0.1) is 11.9 Å². The molecular weight excluding hydrogens is 164 g/mol. The van der Waals surface area contributed by atoms with Crippen molar-refractivity contribution in [3.05, 3.63) is 12.4 Å². The van der Waals surface area contributed by atoms with Crippen molar-refractivity contribution in [2.45, 2.75) is 0 Å². The van der Waals surface area contributed by atoms with Gasteiger partial charge in [-0.1, -0.05) is 0 Å². The van der Waals surface area contributed by atoms with E-state index in [0.29, 0.717) is 5.41 Å². The molecule has 0 aliphatic carbocycles. The van der Waals surface area contributed by atoms with E-state index in [-0.39, 0.29) is 0 Å². The quantitative estimate of drug-likeness (QED) is 0.648. The summed E-state index contributed by atoms with van der Waals surface area (Å²) in [5, 5.41) is 7.50. The van der Waals surface area contributed by atoms with Crippen molar-refractivity contribution in [3.63, 3.8) is 0 Å². The van der Waals surface area contributed by atoms with Crippen LogP contribution in [0.3, 0.4) is 0 Å². The lowest BCUT2D eigenvalue weighted by Crippen LogP contribution is -2.71. The number of aryl methyl sites for hydroxylation is 1. The molecule has 3 rings (SSSR count). The van der Waals surface area contributed by atoms with Gasteiger partial charge >= 0.3 is 0 Å². The minimum absolute atomic E-state index is 0.607. The second kappa shape index (κ2) is 2.26. The molecule has 0 saturated carbocycles. The van der Waals surface area contributed by atoms with E-state index in [1.54, 1.807) is 0 Å². The third kappa shape index (κ3) is 0.983. The SMILES string of the molecule is Cn1cc(N2CC3(CNC3)C2)cn1. The van der Waals surface area contributed by atoms with Crippen molar-refractivity contribution in [2.75, 3.05) is 31.1 Å². The molecule has 2 saturated heterocycles. The third-order valence-corrected chi connectivity index (χ3v) is 3.11. The zero-order valence-corrected chi connectivity index (χ0v) is 7.82. The molecule has 0 amide bonds. The number of hydrogen-bond donors (Lipinski definition) is 1. The van der Waals surface area contributed by atoms with Gasteiger partial charge in [0.2, 0.25) is 0 Å². The molecule has 2 aliphatic heterocycles. The Kier molecular flexibility index (Phi) is 1.28. The van der Waals surface area contributed by atoms with Crippen LogP contribution in [0.4, 0.5) is 5.69 Å². The lowest BCUT2D eigenvalue weighted by atomic mass is 9.74. The first kappa shape index (κ1) is 7.38. The average molecular weight is 178 g/mol. The maximum Gasteiger partial charge on any atom is 0.0752 e. The van der Waals surface area contributed by atoms with Gasteiger partial charge in [-0.15, -0.1) is 0 Å². The van der Waals surface area contributed by atoms with Crippen LogP contribution in [-0.2, 0) is 7.05 Å². The molecule has 3 heterocycles. The Morgan fingerprint density at radius 1 is 1.46 bits per heavy atom. The van der Waals surface area contributed by atoms with Crippen molar-refractivity contribution >= 4 is 5.69 Å². The van der Waals surface area contributed by atoms with E-state index in [2.05, 4.69) is 21.5 Å².